The minimum atomic E-state index is -2.97. The van der Waals surface area contributed by atoms with Gasteiger partial charge in [0.05, 0.1) is 19.8 Å². The van der Waals surface area contributed by atoms with Gasteiger partial charge in [-0.15, -0.1) is 0 Å². The first-order valence-corrected chi connectivity index (χ1v) is 8.12. The normalized spacial score (nSPS) is 10.3. The van der Waals surface area contributed by atoms with Crippen molar-refractivity contribution in [3.05, 3.63) is 53.6 Å². The Kier molecular flexibility index (Phi) is 7.55. The van der Waals surface area contributed by atoms with Crippen LogP contribution >= 0.6 is 0 Å². The third-order valence-electron chi connectivity index (χ3n) is 3.57. The summed E-state index contributed by atoms with van der Waals surface area (Å²) in [7, 11) is 2.78. The van der Waals surface area contributed by atoms with Gasteiger partial charge in [-0.2, -0.15) is 8.78 Å². The van der Waals surface area contributed by atoms with Gasteiger partial charge in [-0.1, -0.05) is 12.1 Å². The van der Waals surface area contributed by atoms with Crippen molar-refractivity contribution in [3.63, 3.8) is 0 Å². The van der Waals surface area contributed by atoms with Crippen molar-refractivity contribution in [3.8, 4) is 17.2 Å². The largest absolute Gasteiger partial charge is 0.497 e. The van der Waals surface area contributed by atoms with Gasteiger partial charge in [-0.25, -0.2) is 4.79 Å². The molecule has 1 N–H and O–H groups in total. The summed E-state index contributed by atoms with van der Waals surface area (Å²) in [6.45, 7) is -3.36. The number of carbonyl (C=O) groups is 2. The molecule has 1 amide bonds. The summed E-state index contributed by atoms with van der Waals surface area (Å²) in [5.74, 6) is -0.698. The molecular weight excluding hydrogens is 376 g/mol. The van der Waals surface area contributed by atoms with Crippen LogP contribution in [0.5, 0.6) is 17.2 Å². The third-order valence-corrected chi connectivity index (χ3v) is 3.57. The summed E-state index contributed by atoms with van der Waals surface area (Å²) >= 11 is 0. The topological polar surface area (TPSA) is 83.1 Å². The van der Waals surface area contributed by atoms with E-state index in [1.54, 1.807) is 12.1 Å². The van der Waals surface area contributed by atoms with Gasteiger partial charge in [0.15, 0.2) is 18.1 Å². The molecule has 0 bridgehead atoms. The van der Waals surface area contributed by atoms with Crippen molar-refractivity contribution >= 4 is 11.9 Å². The van der Waals surface area contributed by atoms with E-state index in [1.165, 1.54) is 44.6 Å². The van der Waals surface area contributed by atoms with Gasteiger partial charge in [-0.05, 0) is 35.9 Å². The number of halogens is 2. The molecule has 150 valence electrons. The van der Waals surface area contributed by atoms with Crippen molar-refractivity contribution in [2.24, 2.45) is 0 Å². The van der Waals surface area contributed by atoms with Crippen LogP contribution in [-0.4, -0.2) is 39.3 Å². The zero-order chi connectivity index (χ0) is 20.5. The van der Waals surface area contributed by atoms with E-state index < -0.39 is 25.1 Å². The van der Waals surface area contributed by atoms with Crippen molar-refractivity contribution in [1.82, 2.24) is 5.32 Å². The molecule has 2 aromatic rings. The molecule has 0 fully saturated rings. The maximum Gasteiger partial charge on any atom is 0.387 e. The number of benzene rings is 2. The Hall–Kier alpha value is -3.36. The van der Waals surface area contributed by atoms with Crippen molar-refractivity contribution in [2.45, 2.75) is 13.2 Å². The maximum absolute atomic E-state index is 12.3. The Morgan fingerprint density at radius 1 is 1.04 bits per heavy atom. The first-order chi connectivity index (χ1) is 13.4. The minimum absolute atomic E-state index is 0.0842. The average Bonchev–Trinajstić information content (AvgIpc) is 2.70. The highest BCUT2D eigenvalue weighted by Gasteiger charge is 2.13. The van der Waals surface area contributed by atoms with Gasteiger partial charge in [0.25, 0.3) is 5.91 Å². The summed E-state index contributed by atoms with van der Waals surface area (Å²) in [6.07, 6.45) is 0. The lowest BCUT2D eigenvalue weighted by Gasteiger charge is -2.12. The molecule has 0 aromatic heterocycles. The Morgan fingerprint density at radius 3 is 2.50 bits per heavy atom. The van der Waals surface area contributed by atoms with Gasteiger partial charge < -0.3 is 24.3 Å². The lowest BCUT2D eigenvalue weighted by Crippen LogP contribution is -2.28. The number of ether oxygens (including phenoxy) is 4. The summed E-state index contributed by atoms with van der Waals surface area (Å²) < 4.78 is 43.9. The molecule has 0 radical (unpaired) electrons. The summed E-state index contributed by atoms with van der Waals surface area (Å²) in [6, 6.07) is 10.6. The highest BCUT2D eigenvalue weighted by atomic mass is 19.3. The second-order valence-corrected chi connectivity index (χ2v) is 5.45. The second kappa shape index (κ2) is 10.1. The highest BCUT2D eigenvalue weighted by molar-refractivity contribution is 5.91. The number of amides is 1. The standard InChI is InChI=1S/C19H19F2NO6/c1-25-14-5-3-4-13(9-14)18(24)27-11-17(23)22-10-12-6-7-15(28-19(20)21)16(8-12)26-2/h3-9,19H,10-11H2,1-2H3,(H,22,23). The Morgan fingerprint density at radius 2 is 1.82 bits per heavy atom. The van der Waals surface area contributed by atoms with Crippen LogP contribution in [0.2, 0.25) is 0 Å². The number of hydrogen-bond donors (Lipinski definition) is 1. The molecule has 0 spiro atoms. The maximum atomic E-state index is 12.3. The first kappa shape index (κ1) is 20.9. The highest BCUT2D eigenvalue weighted by Crippen LogP contribution is 2.29. The van der Waals surface area contributed by atoms with E-state index in [0.29, 0.717) is 11.3 Å². The average molecular weight is 395 g/mol. The summed E-state index contributed by atoms with van der Waals surface area (Å²) in [5.41, 5.74) is 0.845. The molecule has 0 saturated carbocycles. The van der Waals surface area contributed by atoms with E-state index in [9.17, 15) is 18.4 Å². The fraction of sp³-hybridized carbons (Fsp3) is 0.263. The van der Waals surface area contributed by atoms with Gasteiger partial charge in [-0.3, -0.25) is 4.79 Å². The molecule has 28 heavy (non-hydrogen) atoms. The van der Waals surface area contributed by atoms with E-state index in [2.05, 4.69) is 10.1 Å². The van der Waals surface area contributed by atoms with Crippen LogP contribution < -0.4 is 19.5 Å². The Bertz CT molecular complexity index is 828. The van der Waals surface area contributed by atoms with Crippen molar-refractivity contribution in [2.75, 3.05) is 20.8 Å². The number of alkyl halides is 2. The van der Waals surface area contributed by atoms with E-state index in [1.807, 2.05) is 0 Å². The number of carbonyl (C=O) groups excluding carboxylic acids is 2. The van der Waals surface area contributed by atoms with Crippen LogP contribution in [0.3, 0.4) is 0 Å². The van der Waals surface area contributed by atoms with Crippen molar-refractivity contribution < 1.29 is 37.3 Å². The van der Waals surface area contributed by atoms with Crippen LogP contribution in [0.15, 0.2) is 42.5 Å². The first-order valence-electron chi connectivity index (χ1n) is 8.12. The van der Waals surface area contributed by atoms with E-state index in [4.69, 9.17) is 14.2 Å². The number of hydrogen-bond acceptors (Lipinski definition) is 6. The molecule has 0 aliphatic heterocycles. The van der Waals surface area contributed by atoms with Crippen LogP contribution in [0.4, 0.5) is 8.78 Å². The lowest BCUT2D eigenvalue weighted by molar-refractivity contribution is -0.124. The molecule has 0 heterocycles. The van der Waals surface area contributed by atoms with Gasteiger partial charge in [0.2, 0.25) is 0 Å². The van der Waals surface area contributed by atoms with E-state index in [0.717, 1.165) is 0 Å². The van der Waals surface area contributed by atoms with Gasteiger partial charge in [0.1, 0.15) is 5.75 Å². The Labute approximate surface area is 160 Å². The molecule has 0 aliphatic carbocycles. The number of methoxy groups -OCH3 is 2. The second-order valence-electron chi connectivity index (χ2n) is 5.45. The molecule has 2 aromatic carbocycles. The summed E-state index contributed by atoms with van der Waals surface area (Å²) in [4.78, 5) is 23.8. The SMILES string of the molecule is COc1cccc(C(=O)OCC(=O)NCc2ccc(OC(F)F)c(OC)c2)c1. The number of nitrogens with one attached hydrogen (secondary N) is 1. The van der Waals surface area contributed by atoms with Gasteiger partial charge in [0, 0.05) is 6.54 Å². The predicted molar refractivity (Wildman–Crippen MR) is 94.7 cm³/mol. The molecule has 0 atom stereocenters. The van der Waals surface area contributed by atoms with Gasteiger partial charge >= 0.3 is 12.6 Å². The summed E-state index contributed by atoms with van der Waals surface area (Å²) in [5, 5.41) is 2.55. The van der Waals surface area contributed by atoms with E-state index >= 15 is 0 Å². The predicted octanol–water partition coefficient (Wildman–Crippen LogP) is 2.78. The zero-order valence-electron chi connectivity index (χ0n) is 15.2. The smallest absolute Gasteiger partial charge is 0.387 e. The van der Waals surface area contributed by atoms with Crippen LogP contribution in [0, 0.1) is 0 Å². The number of rotatable bonds is 9. The van der Waals surface area contributed by atoms with Crippen LogP contribution in [0.1, 0.15) is 15.9 Å². The zero-order valence-corrected chi connectivity index (χ0v) is 15.2. The van der Waals surface area contributed by atoms with Crippen LogP contribution in [0.25, 0.3) is 0 Å². The minimum Gasteiger partial charge on any atom is -0.497 e. The quantitative estimate of drug-likeness (QED) is 0.658. The fourth-order valence-electron chi connectivity index (χ4n) is 2.23. The molecule has 2 rings (SSSR count). The molecule has 0 unspecified atom stereocenters. The van der Waals surface area contributed by atoms with Crippen LogP contribution in [-0.2, 0) is 16.1 Å². The molecule has 0 aliphatic rings. The number of esters is 1. The molecular formula is C19H19F2NO6. The third kappa shape index (κ3) is 6.11. The monoisotopic (exact) mass is 395 g/mol. The van der Waals surface area contributed by atoms with Crippen molar-refractivity contribution in [1.29, 1.82) is 0 Å². The molecule has 0 saturated heterocycles. The fourth-order valence-corrected chi connectivity index (χ4v) is 2.23. The Balaban J connectivity index is 1.85. The lowest BCUT2D eigenvalue weighted by atomic mass is 10.2. The molecule has 9 heteroatoms. The van der Waals surface area contributed by atoms with E-state index in [-0.39, 0.29) is 23.6 Å². The molecule has 7 nitrogen and oxygen atoms in total.